The second kappa shape index (κ2) is 4.62. The standard InChI is InChI=1S/C13H11BrN4O/c1-18(2)13-16-12(19-17-13)10-7-9(14)6-8-4-3-5-15-11(8)10/h3-7H,1-2H3. The van der Waals surface area contributed by atoms with E-state index in [0.29, 0.717) is 11.8 Å². The number of pyridine rings is 1. The smallest absolute Gasteiger partial charge is 0.265 e. The zero-order valence-electron chi connectivity index (χ0n) is 10.5. The van der Waals surface area contributed by atoms with Gasteiger partial charge in [0.05, 0.1) is 11.1 Å². The van der Waals surface area contributed by atoms with Gasteiger partial charge in [-0.05, 0) is 23.4 Å². The van der Waals surface area contributed by atoms with E-state index in [1.54, 1.807) is 11.1 Å². The lowest BCUT2D eigenvalue weighted by Crippen LogP contribution is -2.10. The van der Waals surface area contributed by atoms with Gasteiger partial charge in [-0.25, -0.2) is 0 Å². The molecule has 0 N–H and O–H groups in total. The second-order valence-electron chi connectivity index (χ2n) is 4.32. The van der Waals surface area contributed by atoms with Crippen LogP contribution in [0.3, 0.4) is 0 Å². The minimum atomic E-state index is 0.466. The molecule has 1 aromatic carbocycles. The fraction of sp³-hybridized carbons (Fsp3) is 0.154. The van der Waals surface area contributed by atoms with E-state index in [1.807, 2.05) is 38.4 Å². The molecule has 0 radical (unpaired) electrons. The number of benzene rings is 1. The molecule has 0 bridgehead atoms. The lowest BCUT2D eigenvalue weighted by Gasteiger charge is -2.04. The molecule has 0 aliphatic carbocycles. The minimum Gasteiger partial charge on any atom is -0.344 e. The Hall–Kier alpha value is -1.95. The summed E-state index contributed by atoms with van der Waals surface area (Å²) in [6.07, 6.45) is 1.75. The molecular formula is C13H11BrN4O. The van der Waals surface area contributed by atoms with Gasteiger partial charge in [0.1, 0.15) is 0 Å². The van der Waals surface area contributed by atoms with Crippen LogP contribution in [0.1, 0.15) is 0 Å². The number of hydrogen-bond acceptors (Lipinski definition) is 5. The Morgan fingerprint density at radius 3 is 2.84 bits per heavy atom. The number of anilines is 1. The van der Waals surface area contributed by atoms with E-state index in [2.05, 4.69) is 31.1 Å². The van der Waals surface area contributed by atoms with Crippen molar-refractivity contribution in [3.05, 3.63) is 34.9 Å². The highest BCUT2D eigenvalue weighted by atomic mass is 79.9. The van der Waals surface area contributed by atoms with E-state index in [0.717, 1.165) is 20.9 Å². The van der Waals surface area contributed by atoms with Gasteiger partial charge in [-0.3, -0.25) is 4.98 Å². The third kappa shape index (κ3) is 2.19. The van der Waals surface area contributed by atoms with Crippen LogP contribution >= 0.6 is 15.9 Å². The van der Waals surface area contributed by atoms with Crippen molar-refractivity contribution >= 4 is 32.8 Å². The molecule has 2 aromatic heterocycles. The first-order valence-corrected chi connectivity index (χ1v) is 6.50. The van der Waals surface area contributed by atoms with Crippen molar-refractivity contribution in [3.63, 3.8) is 0 Å². The van der Waals surface area contributed by atoms with E-state index in [-0.39, 0.29) is 0 Å². The summed E-state index contributed by atoms with van der Waals surface area (Å²) >= 11 is 3.49. The van der Waals surface area contributed by atoms with Gasteiger partial charge in [0.25, 0.3) is 11.8 Å². The van der Waals surface area contributed by atoms with E-state index in [1.165, 1.54) is 0 Å². The van der Waals surface area contributed by atoms with Crippen molar-refractivity contribution in [1.82, 2.24) is 15.1 Å². The maximum absolute atomic E-state index is 5.31. The molecule has 3 rings (SSSR count). The molecule has 0 saturated heterocycles. The summed E-state index contributed by atoms with van der Waals surface area (Å²) in [5.74, 6) is 1.01. The maximum atomic E-state index is 5.31. The number of nitrogens with zero attached hydrogens (tertiary/aromatic N) is 4. The Kier molecular flexibility index (Phi) is 2.94. The molecule has 6 heteroatoms. The van der Waals surface area contributed by atoms with Crippen LogP contribution in [-0.4, -0.2) is 29.2 Å². The summed E-state index contributed by atoms with van der Waals surface area (Å²) in [7, 11) is 3.73. The van der Waals surface area contributed by atoms with Crippen LogP contribution in [0.4, 0.5) is 5.95 Å². The number of hydrogen-bond donors (Lipinski definition) is 0. The molecule has 0 atom stereocenters. The van der Waals surface area contributed by atoms with Crippen molar-refractivity contribution in [3.8, 4) is 11.5 Å². The van der Waals surface area contributed by atoms with Gasteiger partial charge in [0.2, 0.25) is 0 Å². The van der Waals surface area contributed by atoms with Gasteiger partial charge in [-0.15, -0.1) is 0 Å². The molecule has 0 aliphatic rings. The summed E-state index contributed by atoms with van der Waals surface area (Å²) in [5.41, 5.74) is 1.67. The van der Waals surface area contributed by atoms with E-state index in [9.17, 15) is 0 Å². The fourth-order valence-corrected chi connectivity index (χ4v) is 2.30. The molecule has 96 valence electrons. The normalized spacial score (nSPS) is 10.9. The molecule has 19 heavy (non-hydrogen) atoms. The quantitative estimate of drug-likeness (QED) is 0.726. The molecule has 0 saturated carbocycles. The molecule has 2 heterocycles. The fourth-order valence-electron chi connectivity index (χ4n) is 1.83. The molecule has 0 spiro atoms. The van der Waals surface area contributed by atoms with Crippen molar-refractivity contribution in [1.29, 1.82) is 0 Å². The zero-order valence-corrected chi connectivity index (χ0v) is 12.0. The van der Waals surface area contributed by atoms with Crippen molar-refractivity contribution in [2.45, 2.75) is 0 Å². The molecule has 5 nitrogen and oxygen atoms in total. The van der Waals surface area contributed by atoms with Crippen molar-refractivity contribution in [2.24, 2.45) is 0 Å². The summed E-state index contributed by atoms with van der Waals surface area (Å²) in [4.78, 5) is 10.5. The maximum Gasteiger partial charge on any atom is 0.265 e. The molecule has 0 aliphatic heterocycles. The Bertz CT molecular complexity index is 738. The molecule has 0 amide bonds. The van der Waals surface area contributed by atoms with Gasteiger partial charge in [0, 0.05) is 30.2 Å². The van der Waals surface area contributed by atoms with Gasteiger partial charge in [0.15, 0.2) is 0 Å². The number of aromatic nitrogens is 3. The highest BCUT2D eigenvalue weighted by molar-refractivity contribution is 9.10. The third-order valence-corrected chi connectivity index (χ3v) is 3.17. The number of rotatable bonds is 2. The molecule has 3 aromatic rings. The largest absolute Gasteiger partial charge is 0.344 e. The van der Waals surface area contributed by atoms with Crippen molar-refractivity contribution in [2.75, 3.05) is 19.0 Å². The molecule has 0 unspecified atom stereocenters. The van der Waals surface area contributed by atoms with Crippen LogP contribution in [0.25, 0.3) is 22.4 Å². The SMILES string of the molecule is CN(C)c1noc(-c2cc(Br)cc3cccnc23)n1. The average Bonchev–Trinajstić information content (AvgIpc) is 2.87. The van der Waals surface area contributed by atoms with Crippen LogP contribution in [0.2, 0.25) is 0 Å². The topological polar surface area (TPSA) is 55.1 Å². The van der Waals surface area contributed by atoms with Crippen LogP contribution in [0.15, 0.2) is 39.5 Å². The summed E-state index contributed by atoms with van der Waals surface area (Å²) in [6, 6.07) is 7.84. The third-order valence-electron chi connectivity index (χ3n) is 2.72. The van der Waals surface area contributed by atoms with E-state index < -0.39 is 0 Å². The Morgan fingerprint density at radius 2 is 2.11 bits per heavy atom. The Labute approximate surface area is 118 Å². The number of fused-ring (bicyclic) bond motifs is 1. The summed E-state index contributed by atoms with van der Waals surface area (Å²) in [5, 5.41) is 4.95. The first-order chi connectivity index (χ1) is 9.15. The lowest BCUT2D eigenvalue weighted by molar-refractivity contribution is 0.431. The van der Waals surface area contributed by atoms with Crippen LogP contribution in [-0.2, 0) is 0 Å². The van der Waals surface area contributed by atoms with Gasteiger partial charge in [-0.2, -0.15) is 4.98 Å². The summed E-state index contributed by atoms with van der Waals surface area (Å²) < 4.78 is 6.26. The monoisotopic (exact) mass is 318 g/mol. The second-order valence-corrected chi connectivity index (χ2v) is 5.24. The molecule has 0 fully saturated rings. The van der Waals surface area contributed by atoms with Gasteiger partial charge >= 0.3 is 0 Å². The van der Waals surface area contributed by atoms with Crippen LogP contribution in [0.5, 0.6) is 0 Å². The highest BCUT2D eigenvalue weighted by Crippen LogP contribution is 2.30. The Morgan fingerprint density at radius 1 is 1.26 bits per heavy atom. The zero-order chi connectivity index (χ0) is 13.4. The number of halogens is 1. The lowest BCUT2D eigenvalue weighted by atomic mass is 10.1. The predicted octanol–water partition coefficient (Wildman–Crippen LogP) is 3.11. The van der Waals surface area contributed by atoms with Crippen LogP contribution in [0, 0.1) is 0 Å². The molecular weight excluding hydrogens is 308 g/mol. The summed E-state index contributed by atoms with van der Waals surface area (Å²) in [6.45, 7) is 0. The first kappa shape index (κ1) is 12.1. The van der Waals surface area contributed by atoms with E-state index >= 15 is 0 Å². The highest BCUT2D eigenvalue weighted by Gasteiger charge is 2.14. The van der Waals surface area contributed by atoms with Gasteiger partial charge < -0.3 is 9.42 Å². The van der Waals surface area contributed by atoms with Gasteiger partial charge in [-0.1, -0.05) is 22.0 Å². The first-order valence-electron chi connectivity index (χ1n) is 5.71. The Balaban J connectivity index is 2.23. The minimum absolute atomic E-state index is 0.466. The average molecular weight is 319 g/mol. The van der Waals surface area contributed by atoms with Crippen molar-refractivity contribution < 1.29 is 4.52 Å². The van der Waals surface area contributed by atoms with Crippen LogP contribution < -0.4 is 4.90 Å². The van der Waals surface area contributed by atoms with E-state index in [4.69, 9.17) is 4.52 Å². The predicted molar refractivity (Wildman–Crippen MR) is 77.1 cm³/mol.